The van der Waals surface area contributed by atoms with Gasteiger partial charge < -0.3 is 14.4 Å². The van der Waals surface area contributed by atoms with Gasteiger partial charge in [-0.15, -0.1) is 11.3 Å². The van der Waals surface area contributed by atoms with Crippen molar-refractivity contribution in [3.63, 3.8) is 0 Å². The number of thiazole rings is 1. The second-order valence-electron chi connectivity index (χ2n) is 7.51. The van der Waals surface area contributed by atoms with Gasteiger partial charge in [0.25, 0.3) is 0 Å². The number of aromatic nitrogens is 2. The van der Waals surface area contributed by atoms with Crippen LogP contribution in [-0.2, 0) is 13.0 Å². The zero-order valence-corrected chi connectivity index (χ0v) is 18.7. The van der Waals surface area contributed by atoms with Crippen LogP contribution in [0.25, 0.3) is 16.2 Å². The topological polar surface area (TPSA) is 39.0 Å². The van der Waals surface area contributed by atoms with Gasteiger partial charge in [-0.25, -0.2) is 4.98 Å². The second kappa shape index (κ2) is 8.90. The minimum Gasteiger partial charge on any atom is -0.493 e. The van der Waals surface area contributed by atoms with E-state index in [0.29, 0.717) is 0 Å². The van der Waals surface area contributed by atoms with Gasteiger partial charge in [-0.05, 0) is 38.1 Å². The Morgan fingerprint density at radius 2 is 1.80 bits per heavy atom. The molecule has 5 nitrogen and oxygen atoms in total. The van der Waals surface area contributed by atoms with Gasteiger partial charge in [0.1, 0.15) is 0 Å². The van der Waals surface area contributed by atoms with Crippen molar-refractivity contribution in [2.75, 3.05) is 27.8 Å². The molecule has 0 aliphatic rings. The molecule has 6 heteroatoms. The van der Waals surface area contributed by atoms with E-state index in [1.54, 1.807) is 25.6 Å². The van der Waals surface area contributed by atoms with Crippen molar-refractivity contribution < 1.29 is 9.47 Å². The number of rotatable bonds is 8. The largest absolute Gasteiger partial charge is 0.493 e. The summed E-state index contributed by atoms with van der Waals surface area (Å²) in [5.74, 6) is 1.53. The molecule has 2 aromatic heterocycles. The summed E-state index contributed by atoms with van der Waals surface area (Å²) in [6.07, 6.45) is 3.05. The first-order chi connectivity index (χ1) is 14.6. The molecule has 0 saturated carbocycles. The summed E-state index contributed by atoms with van der Waals surface area (Å²) in [4.78, 5) is 8.29. The molecule has 0 saturated heterocycles. The van der Waals surface area contributed by atoms with Gasteiger partial charge in [0.05, 0.1) is 25.6 Å². The predicted octanol–water partition coefficient (Wildman–Crippen LogP) is 5.06. The number of hydrogen-bond donors (Lipinski definition) is 0. The van der Waals surface area contributed by atoms with Crippen LogP contribution in [0, 0.1) is 6.92 Å². The van der Waals surface area contributed by atoms with Crippen LogP contribution in [0.5, 0.6) is 11.5 Å². The van der Waals surface area contributed by atoms with Crippen molar-refractivity contribution in [2.24, 2.45) is 0 Å². The Balaban J connectivity index is 1.52. The molecule has 0 aliphatic heterocycles. The number of hydrogen-bond acceptors (Lipinski definition) is 5. The SMILES string of the molecule is COc1ccc(CCN(C)Cc2c(-c3ccc(C)cc3)nc3sccn23)cc1OC. The fourth-order valence-corrected chi connectivity index (χ4v) is 4.35. The molecule has 0 aliphatic carbocycles. The molecular formula is C24H27N3O2S. The highest BCUT2D eigenvalue weighted by Gasteiger charge is 2.16. The van der Waals surface area contributed by atoms with E-state index in [2.05, 4.69) is 71.2 Å². The van der Waals surface area contributed by atoms with Crippen LogP contribution in [0.15, 0.2) is 54.0 Å². The molecule has 156 valence electrons. The number of imidazole rings is 1. The van der Waals surface area contributed by atoms with E-state index < -0.39 is 0 Å². The lowest BCUT2D eigenvalue weighted by atomic mass is 10.1. The van der Waals surface area contributed by atoms with Crippen LogP contribution in [0.4, 0.5) is 0 Å². The number of likely N-dealkylation sites (N-methyl/N-ethyl adjacent to an activating group) is 1. The summed E-state index contributed by atoms with van der Waals surface area (Å²) in [6, 6.07) is 14.7. The van der Waals surface area contributed by atoms with Crippen LogP contribution < -0.4 is 9.47 Å². The summed E-state index contributed by atoms with van der Waals surface area (Å²) in [5.41, 5.74) is 5.95. The standard InChI is InChI=1S/C24H27N3O2S/c1-17-5-8-19(9-6-17)23-20(27-13-14-30-24(27)25-23)16-26(2)12-11-18-7-10-21(28-3)22(15-18)29-4/h5-10,13-15H,11-12,16H2,1-4H3. The van der Waals surface area contributed by atoms with E-state index in [1.807, 2.05) is 6.07 Å². The van der Waals surface area contributed by atoms with E-state index in [9.17, 15) is 0 Å². The highest BCUT2D eigenvalue weighted by atomic mass is 32.1. The normalized spacial score (nSPS) is 11.4. The molecule has 0 unspecified atom stereocenters. The fraction of sp³-hybridized carbons (Fsp3) is 0.292. The third-order valence-electron chi connectivity index (χ3n) is 5.34. The molecule has 0 fully saturated rings. The van der Waals surface area contributed by atoms with E-state index in [1.165, 1.54) is 22.4 Å². The highest BCUT2D eigenvalue weighted by Crippen LogP contribution is 2.29. The van der Waals surface area contributed by atoms with Gasteiger partial charge in [0.15, 0.2) is 16.5 Å². The number of nitrogens with zero attached hydrogens (tertiary/aromatic N) is 3. The molecule has 30 heavy (non-hydrogen) atoms. The molecular weight excluding hydrogens is 394 g/mol. The lowest BCUT2D eigenvalue weighted by molar-refractivity contribution is 0.326. The van der Waals surface area contributed by atoms with Crippen molar-refractivity contribution in [1.82, 2.24) is 14.3 Å². The van der Waals surface area contributed by atoms with Crippen LogP contribution in [0.3, 0.4) is 0 Å². The summed E-state index contributed by atoms with van der Waals surface area (Å²) >= 11 is 1.67. The van der Waals surface area contributed by atoms with Crippen molar-refractivity contribution >= 4 is 16.3 Å². The molecule has 4 rings (SSSR count). The van der Waals surface area contributed by atoms with Gasteiger partial charge >= 0.3 is 0 Å². The third kappa shape index (κ3) is 4.20. The monoisotopic (exact) mass is 421 g/mol. The lowest BCUT2D eigenvalue weighted by Crippen LogP contribution is -2.22. The number of aryl methyl sites for hydroxylation is 1. The molecule has 0 atom stereocenters. The maximum absolute atomic E-state index is 5.43. The zero-order valence-electron chi connectivity index (χ0n) is 17.9. The van der Waals surface area contributed by atoms with E-state index in [0.717, 1.165) is 41.7 Å². The van der Waals surface area contributed by atoms with Crippen LogP contribution in [-0.4, -0.2) is 42.1 Å². The maximum Gasteiger partial charge on any atom is 0.194 e. The molecule has 0 bridgehead atoms. The zero-order chi connectivity index (χ0) is 21.1. The lowest BCUT2D eigenvalue weighted by Gasteiger charge is -2.18. The third-order valence-corrected chi connectivity index (χ3v) is 6.09. The van der Waals surface area contributed by atoms with E-state index >= 15 is 0 Å². The number of benzene rings is 2. The van der Waals surface area contributed by atoms with Gasteiger partial charge in [-0.1, -0.05) is 35.9 Å². The summed E-state index contributed by atoms with van der Waals surface area (Å²) in [5, 5.41) is 2.09. The number of methoxy groups -OCH3 is 2. The summed E-state index contributed by atoms with van der Waals surface area (Å²) in [6.45, 7) is 3.87. The molecule has 4 aromatic rings. The van der Waals surface area contributed by atoms with Gasteiger partial charge in [-0.2, -0.15) is 0 Å². The minimum absolute atomic E-state index is 0.761. The average Bonchev–Trinajstić information content (AvgIpc) is 3.35. The van der Waals surface area contributed by atoms with Crippen molar-refractivity contribution in [2.45, 2.75) is 19.9 Å². The van der Waals surface area contributed by atoms with Crippen molar-refractivity contribution in [3.05, 3.63) is 70.9 Å². The van der Waals surface area contributed by atoms with Crippen molar-refractivity contribution in [1.29, 1.82) is 0 Å². The Kier molecular flexibility index (Phi) is 6.06. The molecule has 2 aromatic carbocycles. The van der Waals surface area contributed by atoms with Crippen LogP contribution in [0.1, 0.15) is 16.8 Å². The Labute approximate surface area is 181 Å². The Hall–Kier alpha value is -2.83. The summed E-state index contributed by atoms with van der Waals surface area (Å²) in [7, 11) is 5.49. The van der Waals surface area contributed by atoms with Gasteiger partial charge in [0, 0.05) is 30.2 Å². The molecule has 2 heterocycles. The number of fused-ring (bicyclic) bond motifs is 1. The highest BCUT2D eigenvalue weighted by molar-refractivity contribution is 7.15. The number of ether oxygens (including phenoxy) is 2. The summed E-state index contributed by atoms with van der Waals surface area (Å²) < 4.78 is 13.0. The van der Waals surface area contributed by atoms with E-state index in [-0.39, 0.29) is 0 Å². The Morgan fingerprint density at radius 1 is 1.03 bits per heavy atom. The van der Waals surface area contributed by atoms with Crippen molar-refractivity contribution in [3.8, 4) is 22.8 Å². The maximum atomic E-state index is 5.43. The average molecular weight is 422 g/mol. The second-order valence-corrected chi connectivity index (χ2v) is 8.38. The Morgan fingerprint density at radius 3 is 2.53 bits per heavy atom. The first-order valence-electron chi connectivity index (χ1n) is 10.00. The molecule has 0 radical (unpaired) electrons. The minimum atomic E-state index is 0.761. The molecule has 0 amide bonds. The Bertz CT molecular complexity index is 1130. The first kappa shape index (κ1) is 20.4. The smallest absolute Gasteiger partial charge is 0.194 e. The van der Waals surface area contributed by atoms with Crippen LogP contribution in [0.2, 0.25) is 0 Å². The van der Waals surface area contributed by atoms with Crippen LogP contribution >= 0.6 is 11.3 Å². The quantitative estimate of drug-likeness (QED) is 0.398. The molecule has 0 spiro atoms. The van der Waals surface area contributed by atoms with E-state index in [4.69, 9.17) is 14.5 Å². The first-order valence-corrected chi connectivity index (χ1v) is 10.9. The van der Waals surface area contributed by atoms with Gasteiger partial charge in [-0.3, -0.25) is 4.40 Å². The van der Waals surface area contributed by atoms with Gasteiger partial charge in [0.2, 0.25) is 0 Å². The fourth-order valence-electron chi connectivity index (χ4n) is 3.62. The predicted molar refractivity (Wildman–Crippen MR) is 123 cm³/mol. The molecule has 0 N–H and O–H groups in total.